The van der Waals surface area contributed by atoms with E-state index in [-0.39, 0.29) is 11.3 Å². The lowest BCUT2D eigenvalue weighted by atomic mass is 9.91. The number of fused-ring (bicyclic) bond motifs is 1. The van der Waals surface area contributed by atoms with Gasteiger partial charge in [0.1, 0.15) is 5.75 Å². The maximum Gasteiger partial charge on any atom is 0.213 e. The normalized spacial score (nSPS) is 14.6. The first kappa shape index (κ1) is 10.0. The van der Waals surface area contributed by atoms with Crippen LogP contribution in [0.2, 0.25) is 0 Å². The summed E-state index contributed by atoms with van der Waals surface area (Å²) in [7, 11) is 0. The van der Waals surface area contributed by atoms with E-state index in [0.29, 0.717) is 0 Å². The first-order valence-corrected chi connectivity index (χ1v) is 4.27. The van der Waals surface area contributed by atoms with E-state index >= 15 is 0 Å². The van der Waals surface area contributed by atoms with Crippen LogP contribution in [-0.4, -0.2) is 26.9 Å². The van der Waals surface area contributed by atoms with Gasteiger partial charge in [-0.1, -0.05) is 0 Å². The quantitative estimate of drug-likeness (QED) is 0.362. The first-order valence-electron chi connectivity index (χ1n) is 4.27. The van der Waals surface area contributed by atoms with Gasteiger partial charge in [0.2, 0.25) is 5.78 Å². The standard InChI is InChI=1S/C10H7NO5/c11-3-1-4(12)8-7(9(3)15)5(13)2-6(14)10(8)16/h1-2,13-14,16H,11H2. The maximum atomic E-state index is 11.5. The van der Waals surface area contributed by atoms with Crippen molar-refractivity contribution in [2.45, 2.75) is 0 Å². The predicted octanol–water partition coefficient (Wildman–Crippen LogP) is 0.0250. The molecule has 6 heteroatoms. The summed E-state index contributed by atoms with van der Waals surface area (Å²) in [5.41, 5.74) is 4.13. The highest BCUT2D eigenvalue weighted by Gasteiger charge is 2.31. The van der Waals surface area contributed by atoms with Gasteiger partial charge in [-0.25, -0.2) is 0 Å². The Balaban J connectivity index is 2.87. The van der Waals surface area contributed by atoms with E-state index in [9.17, 15) is 24.9 Å². The highest BCUT2D eigenvalue weighted by molar-refractivity contribution is 6.26. The van der Waals surface area contributed by atoms with Gasteiger partial charge in [0, 0.05) is 12.1 Å². The molecule has 1 aromatic carbocycles. The molecule has 0 aliphatic heterocycles. The Morgan fingerprint density at radius 1 is 1.00 bits per heavy atom. The molecule has 0 fully saturated rings. The van der Waals surface area contributed by atoms with E-state index in [1.54, 1.807) is 0 Å². The highest BCUT2D eigenvalue weighted by atomic mass is 16.3. The summed E-state index contributed by atoms with van der Waals surface area (Å²) >= 11 is 0. The van der Waals surface area contributed by atoms with Crippen LogP contribution in [0.3, 0.4) is 0 Å². The van der Waals surface area contributed by atoms with Crippen molar-refractivity contribution >= 4 is 11.6 Å². The molecular formula is C10H7NO5. The Kier molecular flexibility index (Phi) is 1.88. The van der Waals surface area contributed by atoms with Gasteiger partial charge < -0.3 is 21.1 Å². The summed E-state index contributed by atoms with van der Waals surface area (Å²) in [6.07, 6.45) is 0.837. The van der Waals surface area contributed by atoms with Crippen LogP contribution >= 0.6 is 0 Å². The largest absolute Gasteiger partial charge is 0.507 e. The summed E-state index contributed by atoms with van der Waals surface area (Å²) in [5, 5.41) is 28.1. The second-order valence-electron chi connectivity index (χ2n) is 3.31. The second-order valence-corrected chi connectivity index (χ2v) is 3.31. The molecule has 5 N–H and O–H groups in total. The average Bonchev–Trinajstić information content (AvgIpc) is 2.20. The zero-order valence-electron chi connectivity index (χ0n) is 7.89. The van der Waals surface area contributed by atoms with Crippen molar-refractivity contribution in [1.82, 2.24) is 0 Å². The van der Waals surface area contributed by atoms with Crippen molar-refractivity contribution in [3.63, 3.8) is 0 Å². The van der Waals surface area contributed by atoms with Crippen LogP contribution in [0.25, 0.3) is 0 Å². The number of benzene rings is 1. The van der Waals surface area contributed by atoms with Crippen LogP contribution in [0.5, 0.6) is 17.2 Å². The van der Waals surface area contributed by atoms with Gasteiger partial charge in [0.25, 0.3) is 0 Å². The number of Topliss-reactive ketones (excluding diaryl/α,β-unsaturated/α-hetero) is 1. The Bertz CT molecular complexity index is 559. The fourth-order valence-electron chi connectivity index (χ4n) is 1.54. The van der Waals surface area contributed by atoms with Crippen LogP contribution < -0.4 is 5.73 Å². The minimum absolute atomic E-state index is 0.321. The fraction of sp³-hybridized carbons (Fsp3) is 0. The van der Waals surface area contributed by atoms with Gasteiger partial charge in [-0.15, -0.1) is 0 Å². The number of hydrogen-bond acceptors (Lipinski definition) is 6. The van der Waals surface area contributed by atoms with Gasteiger partial charge >= 0.3 is 0 Å². The van der Waals surface area contributed by atoms with Crippen LogP contribution in [0.1, 0.15) is 20.7 Å². The van der Waals surface area contributed by atoms with Gasteiger partial charge in [-0.05, 0) is 0 Å². The van der Waals surface area contributed by atoms with Crippen molar-refractivity contribution < 1.29 is 24.9 Å². The minimum Gasteiger partial charge on any atom is -0.507 e. The highest BCUT2D eigenvalue weighted by Crippen LogP contribution is 2.40. The number of carbonyl (C=O) groups is 2. The van der Waals surface area contributed by atoms with E-state index in [4.69, 9.17) is 5.73 Å². The van der Waals surface area contributed by atoms with Gasteiger partial charge in [0.05, 0.1) is 16.8 Å². The molecular weight excluding hydrogens is 214 g/mol. The SMILES string of the molecule is NC1=CC(=O)c2c(O)c(O)cc(O)c2C1=O. The fourth-order valence-corrected chi connectivity index (χ4v) is 1.54. The Morgan fingerprint density at radius 2 is 1.62 bits per heavy atom. The van der Waals surface area contributed by atoms with Crippen molar-refractivity contribution in [2.24, 2.45) is 5.73 Å². The van der Waals surface area contributed by atoms with Gasteiger partial charge in [-0.2, -0.15) is 0 Å². The van der Waals surface area contributed by atoms with E-state index < -0.39 is 34.4 Å². The molecule has 0 radical (unpaired) electrons. The molecule has 82 valence electrons. The van der Waals surface area contributed by atoms with E-state index in [1.807, 2.05) is 0 Å². The molecule has 16 heavy (non-hydrogen) atoms. The number of allylic oxidation sites excluding steroid dienone is 2. The van der Waals surface area contributed by atoms with E-state index in [2.05, 4.69) is 0 Å². The van der Waals surface area contributed by atoms with E-state index in [0.717, 1.165) is 12.1 Å². The molecule has 1 aliphatic carbocycles. The number of nitrogens with two attached hydrogens (primary N) is 1. The lowest BCUT2D eigenvalue weighted by Crippen LogP contribution is -2.22. The van der Waals surface area contributed by atoms with Crippen LogP contribution in [-0.2, 0) is 0 Å². The summed E-state index contributed by atoms with van der Waals surface area (Å²) < 4.78 is 0. The average molecular weight is 221 g/mol. The Hall–Kier alpha value is -2.50. The topological polar surface area (TPSA) is 121 Å². The van der Waals surface area contributed by atoms with Crippen LogP contribution in [0.4, 0.5) is 0 Å². The number of aromatic hydroxyl groups is 3. The second kappa shape index (κ2) is 2.99. The molecule has 0 saturated carbocycles. The van der Waals surface area contributed by atoms with Gasteiger partial charge in [0.15, 0.2) is 17.3 Å². The van der Waals surface area contributed by atoms with Crippen molar-refractivity contribution in [3.05, 3.63) is 29.0 Å². The summed E-state index contributed by atoms with van der Waals surface area (Å²) in [4.78, 5) is 23.0. The molecule has 0 heterocycles. The van der Waals surface area contributed by atoms with Crippen molar-refractivity contribution in [1.29, 1.82) is 0 Å². The van der Waals surface area contributed by atoms with E-state index in [1.165, 1.54) is 0 Å². The monoisotopic (exact) mass is 221 g/mol. The number of hydrogen-bond donors (Lipinski definition) is 4. The third kappa shape index (κ3) is 1.13. The number of phenolic OH excluding ortho intramolecular Hbond substituents is 3. The molecule has 0 saturated heterocycles. The number of rotatable bonds is 0. The number of ketones is 2. The lowest BCUT2D eigenvalue weighted by molar-refractivity contribution is 0.0977. The number of phenols is 3. The van der Waals surface area contributed by atoms with Crippen LogP contribution in [0.15, 0.2) is 17.8 Å². The molecule has 0 amide bonds. The first-order chi connectivity index (χ1) is 7.43. The Labute approximate surface area is 89.2 Å². The lowest BCUT2D eigenvalue weighted by Gasteiger charge is -2.15. The predicted molar refractivity (Wildman–Crippen MR) is 52.4 cm³/mol. The zero-order valence-corrected chi connectivity index (χ0v) is 7.89. The summed E-state index contributed by atoms with van der Waals surface area (Å²) in [6.45, 7) is 0. The van der Waals surface area contributed by atoms with Crippen molar-refractivity contribution in [3.8, 4) is 17.2 Å². The maximum absolute atomic E-state index is 11.5. The third-order valence-corrected chi connectivity index (χ3v) is 2.28. The molecule has 0 spiro atoms. The van der Waals surface area contributed by atoms with Crippen molar-refractivity contribution in [2.75, 3.05) is 0 Å². The number of carbonyl (C=O) groups excluding carboxylic acids is 2. The molecule has 0 aromatic heterocycles. The minimum atomic E-state index is -0.762. The molecule has 1 aromatic rings. The molecule has 6 nitrogen and oxygen atoms in total. The summed E-state index contributed by atoms with van der Waals surface area (Å²) in [5.74, 6) is -3.51. The van der Waals surface area contributed by atoms with Crippen LogP contribution in [0, 0.1) is 0 Å². The molecule has 2 rings (SSSR count). The molecule has 0 atom stereocenters. The molecule has 0 unspecified atom stereocenters. The Morgan fingerprint density at radius 3 is 2.25 bits per heavy atom. The summed E-state index contributed by atoms with van der Waals surface area (Å²) in [6, 6.07) is 0.776. The molecule has 0 bridgehead atoms. The zero-order chi connectivity index (χ0) is 12.0. The molecule has 1 aliphatic rings. The third-order valence-electron chi connectivity index (χ3n) is 2.28. The van der Waals surface area contributed by atoms with Gasteiger partial charge in [-0.3, -0.25) is 9.59 Å². The smallest absolute Gasteiger partial charge is 0.213 e.